The van der Waals surface area contributed by atoms with Crippen molar-refractivity contribution in [2.45, 2.75) is 20.0 Å². The minimum Gasteiger partial charge on any atom is -0.472 e. The Hall–Kier alpha value is -3.09. The number of nitrogen functional groups attached to an aromatic ring is 1. The summed E-state index contributed by atoms with van der Waals surface area (Å²) in [5.74, 6) is 0.496. The van der Waals surface area contributed by atoms with Crippen LogP contribution in [-0.2, 0) is 9.59 Å². The van der Waals surface area contributed by atoms with E-state index in [2.05, 4.69) is 4.98 Å². The normalized spacial score (nSPS) is 16.0. The molecule has 136 valence electrons. The topological polar surface area (TPSA) is 88.8 Å². The van der Waals surface area contributed by atoms with Crippen LogP contribution in [-0.4, -0.2) is 41.3 Å². The maximum atomic E-state index is 13.1. The van der Waals surface area contributed by atoms with Crippen molar-refractivity contribution in [1.29, 1.82) is 0 Å². The SMILES string of the molecule is CCN(CC)C(=O)CN1C(=O)C(c2ccccc2)Oc2ccc(N)nc21. The van der Waals surface area contributed by atoms with E-state index in [0.29, 0.717) is 18.8 Å². The van der Waals surface area contributed by atoms with Crippen LogP contribution in [0.5, 0.6) is 5.75 Å². The van der Waals surface area contributed by atoms with Gasteiger partial charge in [-0.2, -0.15) is 0 Å². The van der Waals surface area contributed by atoms with Gasteiger partial charge in [-0.3, -0.25) is 14.5 Å². The second-order valence-corrected chi connectivity index (χ2v) is 5.96. The highest BCUT2D eigenvalue weighted by Gasteiger charge is 2.38. The molecule has 1 aliphatic rings. The Morgan fingerprint density at radius 3 is 2.54 bits per heavy atom. The molecule has 2 amide bonds. The van der Waals surface area contributed by atoms with Crippen molar-refractivity contribution in [3.05, 3.63) is 48.0 Å². The summed E-state index contributed by atoms with van der Waals surface area (Å²) in [5, 5.41) is 0. The molecule has 0 fully saturated rings. The molecule has 0 saturated carbocycles. The number of carbonyl (C=O) groups excluding carboxylic acids is 2. The molecule has 2 N–H and O–H groups in total. The number of pyridine rings is 1. The lowest BCUT2D eigenvalue weighted by atomic mass is 10.1. The highest BCUT2D eigenvalue weighted by atomic mass is 16.5. The van der Waals surface area contributed by atoms with Crippen LogP contribution in [0.4, 0.5) is 11.6 Å². The Morgan fingerprint density at radius 2 is 1.88 bits per heavy atom. The molecule has 0 spiro atoms. The molecule has 26 heavy (non-hydrogen) atoms. The number of fused-ring (bicyclic) bond motifs is 1. The van der Waals surface area contributed by atoms with Crippen LogP contribution in [0.1, 0.15) is 25.5 Å². The first-order chi connectivity index (χ1) is 12.5. The lowest BCUT2D eigenvalue weighted by Gasteiger charge is -2.34. The Kier molecular flexibility index (Phi) is 5.06. The van der Waals surface area contributed by atoms with Crippen molar-refractivity contribution in [2.24, 2.45) is 0 Å². The molecule has 1 aliphatic heterocycles. The standard InChI is InChI=1S/C19H22N4O3/c1-3-22(4-2)16(24)12-23-18-14(10-11-15(20)21-18)26-17(19(23)25)13-8-6-5-7-9-13/h5-11,17H,3-4,12H2,1-2H3,(H2,20,21). The second kappa shape index (κ2) is 7.43. The average Bonchev–Trinajstić information content (AvgIpc) is 2.65. The second-order valence-electron chi connectivity index (χ2n) is 5.96. The predicted molar refractivity (Wildman–Crippen MR) is 98.7 cm³/mol. The van der Waals surface area contributed by atoms with Crippen LogP contribution >= 0.6 is 0 Å². The Labute approximate surface area is 152 Å². The summed E-state index contributed by atoms with van der Waals surface area (Å²) in [7, 11) is 0. The van der Waals surface area contributed by atoms with Crippen molar-refractivity contribution >= 4 is 23.5 Å². The molecule has 7 nitrogen and oxygen atoms in total. The van der Waals surface area contributed by atoms with Gasteiger partial charge in [-0.25, -0.2) is 4.98 Å². The van der Waals surface area contributed by atoms with Gasteiger partial charge in [0.25, 0.3) is 5.91 Å². The Morgan fingerprint density at radius 1 is 1.19 bits per heavy atom. The minimum atomic E-state index is -0.821. The summed E-state index contributed by atoms with van der Waals surface area (Å²) in [6.45, 7) is 4.86. The van der Waals surface area contributed by atoms with Crippen molar-refractivity contribution in [3.63, 3.8) is 0 Å². The summed E-state index contributed by atoms with van der Waals surface area (Å²) in [6.07, 6.45) is -0.821. The van der Waals surface area contributed by atoms with Crippen LogP contribution in [0.2, 0.25) is 0 Å². The summed E-state index contributed by atoms with van der Waals surface area (Å²) in [4.78, 5) is 32.9. The predicted octanol–water partition coefficient (Wildman–Crippen LogP) is 2.00. The minimum absolute atomic E-state index is 0.101. The number of nitrogens with zero attached hydrogens (tertiary/aromatic N) is 3. The maximum absolute atomic E-state index is 13.1. The molecule has 3 rings (SSSR count). The highest BCUT2D eigenvalue weighted by molar-refractivity contribution is 6.03. The number of nitrogens with two attached hydrogens (primary N) is 1. The number of rotatable bonds is 5. The Balaban J connectivity index is 1.98. The van der Waals surface area contributed by atoms with Gasteiger partial charge in [0.2, 0.25) is 12.0 Å². The first-order valence-electron chi connectivity index (χ1n) is 8.62. The van der Waals surface area contributed by atoms with Gasteiger partial charge in [-0.15, -0.1) is 0 Å². The lowest BCUT2D eigenvalue weighted by molar-refractivity contribution is -0.133. The van der Waals surface area contributed by atoms with E-state index in [1.807, 2.05) is 44.2 Å². The number of amides is 2. The van der Waals surface area contributed by atoms with E-state index in [1.165, 1.54) is 4.90 Å². The number of aromatic nitrogens is 1. The van der Waals surface area contributed by atoms with E-state index >= 15 is 0 Å². The molecule has 2 heterocycles. The van der Waals surface area contributed by atoms with Gasteiger partial charge in [0.1, 0.15) is 12.4 Å². The molecule has 0 bridgehead atoms. The summed E-state index contributed by atoms with van der Waals surface area (Å²) >= 11 is 0. The highest BCUT2D eigenvalue weighted by Crippen LogP contribution is 2.38. The van der Waals surface area contributed by atoms with E-state index < -0.39 is 6.10 Å². The molecule has 7 heteroatoms. The summed E-state index contributed by atoms with van der Waals surface area (Å²) < 4.78 is 5.88. The number of likely N-dealkylation sites (N-methyl/N-ethyl adjacent to an activating group) is 1. The summed E-state index contributed by atoms with van der Waals surface area (Å²) in [6, 6.07) is 12.5. The molecule has 1 unspecified atom stereocenters. The van der Waals surface area contributed by atoms with Gasteiger partial charge in [0.05, 0.1) is 0 Å². The van der Waals surface area contributed by atoms with Gasteiger partial charge < -0.3 is 15.4 Å². The first-order valence-corrected chi connectivity index (χ1v) is 8.62. The quantitative estimate of drug-likeness (QED) is 0.887. The third-order valence-corrected chi connectivity index (χ3v) is 4.36. The van der Waals surface area contributed by atoms with Crippen LogP contribution in [0.25, 0.3) is 0 Å². The van der Waals surface area contributed by atoms with Crippen molar-refractivity contribution in [2.75, 3.05) is 30.3 Å². The van der Waals surface area contributed by atoms with Crippen molar-refractivity contribution < 1.29 is 14.3 Å². The van der Waals surface area contributed by atoms with Crippen LogP contribution in [0.15, 0.2) is 42.5 Å². The van der Waals surface area contributed by atoms with Crippen LogP contribution in [0, 0.1) is 0 Å². The molecule has 0 radical (unpaired) electrons. The van der Waals surface area contributed by atoms with Crippen LogP contribution < -0.4 is 15.4 Å². The van der Waals surface area contributed by atoms with Gasteiger partial charge in [0, 0.05) is 18.7 Å². The molecule has 0 saturated heterocycles. The number of carbonyl (C=O) groups is 2. The zero-order valence-corrected chi connectivity index (χ0v) is 14.9. The number of hydrogen-bond donors (Lipinski definition) is 1. The van der Waals surface area contributed by atoms with E-state index in [1.54, 1.807) is 17.0 Å². The van der Waals surface area contributed by atoms with Gasteiger partial charge >= 0.3 is 0 Å². The average molecular weight is 354 g/mol. The fourth-order valence-electron chi connectivity index (χ4n) is 2.96. The fourth-order valence-corrected chi connectivity index (χ4v) is 2.96. The lowest BCUT2D eigenvalue weighted by Crippen LogP contribution is -2.48. The van der Waals surface area contributed by atoms with Gasteiger partial charge in [0.15, 0.2) is 11.6 Å². The first kappa shape index (κ1) is 17.7. The largest absolute Gasteiger partial charge is 0.472 e. The maximum Gasteiger partial charge on any atom is 0.274 e. The summed E-state index contributed by atoms with van der Waals surface area (Å²) in [5.41, 5.74) is 6.50. The third-order valence-electron chi connectivity index (χ3n) is 4.36. The van der Waals surface area contributed by atoms with E-state index in [-0.39, 0.29) is 30.0 Å². The zero-order valence-electron chi connectivity index (χ0n) is 14.9. The third kappa shape index (κ3) is 3.33. The van der Waals surface area contributed by atoms with Crippen molar-refractivity contribution in [3.8, 4) is 5.75 Å². The molecule has 1 aromatic heterocycles. The molecule has 1 atom stereocenters. The van der Waals surface area contributed by atoms with E-state index in [0.717, 1.165) is 5.56 Å². The van der Waals surface area contributed by atoms with Gasteiger partial charge in [-0.05, 0) is 26.0 Å². The number of hydrogen-bond acceptors (Lipinski definition) is 5. The number of ether oxygens (including phenoxy) is 1. The monoisotopic (exact) mass is 354 g/mol. The molecule has 0 aliphatic carbocycles. The van der Waals surface area contributed by atoms with E-state index in [4.69, 9.17) is 10.5 Å². The number of benzene rings is 1. The molecular formula is C19H22N4O3. The molecule has 2 aromatic rings. The number of anilines is 2. The van der Waals surface area contributed by atoms with Crippen molar-refractivity contribution in [1.82, 2.24) is 9.88 Å². The molecular weight excluding hydrogens is 332 g/mol. The smallest absolute Gasteiger partial charge is 0.274 e. The zero-order chi connectivity index (χ0) is 18.7. The van der Waals surface area contributed by atoms with Gasteiger partial charge in [-0.1, -0.05) is 30.3 Å². The molecule has 1 aromatic carbocycles. The Bertz CT molecular complexity index is 806. The van der Waals surface area contributed by atoms with Crippen LogP contribution in [0.3, 0.4) is 0 Å². The fraction of sp³-hybridized carbons (Fsp3) is 0.316. The van der Waals surface area contributed by atoms with E-state index in [9.17, 15) is 9.59 Å².